The van der Waals surface area contributed by atoms with E-state index >= 15 is 0 Å². The van der Waals surface area contributed by atoms with Gasteiger partial charge in [0.05, 0.1) is 0 Å². The van der Waals surface area contributed by atoms with Gasteiger partial charge in [0.2, 0.25) is 0 Å². The minimum absolute atomic E-state index is 0.0831. The van der Waals surface area contributed by atoms with Crippen molar-refractivity contribution in [2.45, 2.75) is 53.1 Å². The van der Waals surface area contributed by atoms with Gasteiger partial charge in [0.25, 0.3) is 5.95 Å². The fourth-order valence-electron chi connectivity index (χ4n) is 2.47. The Bertz CT molecular complexity index is 221. The Morgan fingerprint density at radius 2 is 2.07 bits per heavy atom. The highest BCUT2D eigenvalue weighted by Crippen LogP contribution is 2.35. The van der Waals surface area contributed by atoms with Gasteiger partial charge in [-0.25, -0.2) is 0 Å². The van der Waals surface area contributed by atoms with E-state index in [9.17, 15) is 5.11 Å². The van der Waals surface area contributed by atoms with Gasteiger partial charge in [-0.2, -0.15) is 0 Å². The van der Waals surface area contributed by atoms with E-state index in [4.69, 9.17) is 4.74 Å². The summed E-state index contributed by atoms with van der Waals surface area (Å²) in [6.45, 7) is 8.54. The molecule has 0 spiro atoms. The summed E-state index contributed by atoms with van der Waals surface area (Å²) in [6.07, 6.45) is 5.40. The molecule has 0 saturated heterocycles. The van der Waals surface area contributed by atoms with Gasteiger partial charge in [-0.1, -0.05) is 27.2 Å². The molecule has 1 aliphatic carbocycles. The fraction of sp³-hybridized carbons (Fsp3) is 0.846. The quantitative estimate of drug-likeness (QED) is 0.719. The lowest BCUT2D eigenvalue weighted by Crippen LogP contribution is -2.34. The van der Waals surface area contributed by atoms with Crippen LogP contribution in [0.25, 0.3) is 0 Å². The maximum absolute atomic E-state index is 9.43. The van der Waals surface area contributed by atoms with Crippen LogP contribution in [0.3, 0.4) is 0 Å². The van der Waals surface area contributed by atoms with Crippen LogP contribution in [-0.2, 0) is 4.74 Å². The van der Waals surface area contributed by atoms with E-state index < -0.39 is 0 Å². The number of allylic oxidation sites excluding steroid dienone is 1. The molecule has 0 heterocycles. The van der Waals surface area contributed by atoms with Crippen molar-refractivity contribution in [3.05, 3.63) is 12.0 Å². The molecule has 3 atom stereocenters. The van der Waals surface area contributed by atoms with Crippen molar-refractivity contribution in [3.8, 4) is 0 Å². The van der Waals surface area contributed by atoms with Gasteiger partial charge in [-0.15, -0.1) is 0 Å². The van der Waals surface area contributed by atoms with E-state index in [1.54, 1.807) is 13.0 Å². The number of rotatable bonds is 3. The molecule has 1 fully saturated rings. The highest BCUT2D eigenvalue weighted by atomic mass is 16.6. The molecule has 2 nitrogen and oxygen atoms in total. The Hall–Kier alpha value is -0.660. The topological polar surface area (TPSA) is 29.5 Å². The number of aliphatic hydroxyl groups is 1. The molecule has 1 N–H and O–H groups in total. The number of ether oxygens (including phenoxy) is 1. The van der Waals surface area contributed by atoms with E-state index in [0.717, 1.165) is 12.3 Å². The van der Waals surface area contributed by atoms with Gasteiger partial charge in [-0.05, 0) is 43.6 Å². The standard InChI is InChI=1S/C13H24O2/c1-5-13(14)15-12-8-10(4)6-7-11(12)9(2)3/h5,9-12,14H,6-8H2,1-4H3/b13-5+/t10-,11+,12-/m1/s1. The summed E-state index contributed by atoms with van der Waals surface area (Å²) in [4.78, 5) is 0. The van der Waals surface area contributed by atoms with Gasteiger partial charge in [0, 0.05) is 0 Å². The highest BCUT2D eigenvalue weighted by Gasteiger charge is 2.32. The van der Waals surface area contributed by atoms with Crippen LogP contribution >= 0.6 is 0 Å². The molecule has 2 heteroatoms. The van der Waals surface area contributed by atoms with E-state index in [1.807, 2.05) is 0 Å². The third-order valence-corrected chi connectivity index (χ3v) is 3.48. The zero-order valence-corrected chi connectivity index (χ0v) is 10.4. The third-order valence-electron chi connectivity index (χ3n) is 3.48. The first-order valence-corrected chi connectivity index (χ1v) is 6.06. The van der Waals surface area contributed by atoms with Crippen molar-refractivity contribution >= 4 is 0 Å². The molecule has 1 saturated carbocycles. The summed E-state index contributed by atoms with van der Waals surface area (Å²) < 4.78 is 5.60. The SMILES string of the molecule is C/C=C(\O)O[C@@H]1C[C@H](C)CC[C@H]1C(C)C. The van der Waals surface area contributed by atoms with Gasteiger partial charge < -0.3 is 9.84 Å². The van der Waals surface area contributed by atoms with Gasteiger partial charge >= 0.3 is 0 Å². The molecule has 1 rings (SSSR count). The van der Waals surface area contributed by atoms with Crippen molar-refractivity contribution in [1.82, 2.24) is 0 Å². The first-order chi connectivity index (χ1) is 7.04. The van der Waals surface area contributed by atoms with Gasteiger partial charge in [0.15, 0.2) is 0 Å². The lowest BCUT2D eigenvalue weighted by atomic mass is 9.75. The van der Waals surface area contributed by atoms with Crippen LogP contribution < -0.4 is 0 Å². The van der Waals surface area contributed by atoms with Crippen molar-refractivity contribution in [1.29, 1.82) is 0 Å². The normalized spacial score (nSPS) is 33.1. The number of hydrogen-bond donors (Lipinski definition) is 1. The predicted octanol–water partition coefficient (Wildman–Crippen LogP) is 3.88. The van der Waals surface area contributed by atoms with Crippen LogP contribution in [0.5, 0.6) is 0 Å². The number of aliphatic hydroxyl groups excluding tert-OH is 1. The second kappa shape index (κ2) is 5.43. The van der Waals surface area contributed by atoms with Gasteiger partial charge in [0.1, 0.15) is 6.10 Å². The Morgan fingerprint density at radius 3 is 2.60 bits per heavy atom. The van der Waals surface area contributed by atoms with E-state index in [-0.39, 0.29) is 12.0 Å². The minimum Gasteiger partial charge on any atom is -0.481 e. The van der Waals surface area contributed by atoms with Crippen LogP contribution in [0.15, 0.2) is 12.0 Å². The molecule has 15 heavy (non-hydrogen) atoms. The second-order valence-electron chi connectivity index (χ2n) is 5.11. The van der Waals surface area contributed by atoms with Crippen LogP contribution in [0, 0.1) is 17.8 Å². The van der Waals surface area contributed by atoms with Crippen molar-refractivity contribution in [2.75, 3.05) is 0 Å². The maximum atomic E-state index is 9.43. The van der Waals surface area contributed by atoms with Crippen molar-refractivity contribution in [3.63, 3.8) is 0 Å². The maximum Gasteiger partial charge on any atom is 0.272 e. The summed E-state index contributed by atoms with van der Waals surface area (Å²) in [5.74, 6) is 2.02. The lowest BCUT2D eigenvalue weighted by Gasteiger charge is -2.36. The molecule has 0 aromatic heterocycles. The molecule has 88 valence electrons. The smallest absolute Gasteiger partial charge is 0.272 e. The number of hydrogen-bond acceptors (Lipinski definition) is 2. The third kappa shape index (κ3) is 3.44. The zero-order chi connectivity index (χ0) is 11.4. The predicted molar refractivity (Wildman–Crippen MR) is 62.6 cm³/mol. The molecule has 0 amide bonds. The van der Waals surface area contributed by atoms with Crippen LogP contribution in [-0.4, -0.2) is 11.2 Å². The highest BCUT2D eigenvalue weighted by molar-refractivity contribution is 4.86. The minimum atomic E-state index is 0.0831. The average molecular weight is 212 g/mol. The Kier molecular flexibility index (Phi) is 4.49. The monoisotopic (exact) mass is 212 g/mol. The summed E-state index contributed by atoms with van der Waals surface area (Å²) in [6, 6.07) is 0. The lowest BCUT2D eigenvalue weighted by molar-refractivity contribution is -0.0441. The van der Waals surface area contributed by atoms with E-state index in [1.165, 1.54) is 12.8 Å². The Labute approximate surface area is 93.3 Å². The molecule has 0 unspecified atom stereocenters. The second-order valence-corrected chi connectivity index (χ2v) is 5.11. The van der Waals surface area contributed by atoms with Crippen molar-refractivity contribution in [2.24, 2.45) is 17.8 Å². The van der Waals surface area contributed by atoms with Gasteiger partial charge in [-0.3, -0.25) is 0 Å². The molecule has 0 radical (unpaired) electrons. The molecule has 0 bridgehead atoms. The van der Waals surface area contributed by atoms with Crippen LogP contribution in [0.2, 0.25) is 0 Å². The first kappa shape index (κ1) is 12.4. The molecule has 0 aromatic carbocycles. The summed E-state index contributed by atoms with van der Waals surface area (Å²) >= 11 is 0. The zero-order valence-electron chi connectivity index (χ0n) is 10.4. The summed E-state index contributed by atoms with van der Waals surface area (Å²) in [5, 5.41) is 9.43. The van der Waals surface area contributed by atoms with E-state index in [2.05, 4.69) is 20.8 Å². The molecule has 0 aromatic rings. The summed E-state index contributed by atoms with van der Waals surface area (Å²) in [7, 11) is 0. The van der Waals surface area contributed by atoms with Crippen LogP contribution in [0.1, 0.15) is 47.0 Å². The average Bonchev–Trinajstić information content (AvgIpc) is 2.17. The first-order valence-electron chi connectivity index (χ1n) is 6.06. The largest absolute Gasteiger partial charge is 0.481 e. The van der Waals surface area contributed by atoms with Crippen molar-refractivity contribution < 1.29 is 9.84 Å². The fourth-order valence-corrected chi connectivity index (χ4v) is 2.47. The summed E-state index contributed by atoms with van der Waals surface area (Å²) in [5.41, 5.74) is 0. The molecule has 0 aliphatic heterocycles. The molecular weight excluding hydrogens is 188 g/mol. The molecule has 1 aliphatic rings. The Balaban J connectivity index is 2.62. The van der Waals surface area contributed by atoms with Crippen LogP contribution in [0.4, 0.5) is 0 Å². The molecular formula is C13H24O2. The Morgan fingerprint density at radius 1 is 1.40 bits per heavy atom. The van der Waals surface area contributed by atoms with E-state index in [0.29, 0.717) is 11.8 Å².